The Balaban J connectivity index is 2.10. The van der Waals surface area contributed by atoms with Gasteiger partial charge in [-0.1, -0.05) is 0 Å². The molecule has 2 rings (SSSR count). The van der Waals surface area contributed by atoms with Crippen LogP contribution in [0.1, 0.15) is 11.3 Å². The minimum atomic E-state index is -0.616. The van der Waals surface area contributed by atoms with Gasteiger partial charge in [0.25, 0.3) is 0 Å². The van der Waals surface area contributed by atoms with Crippen molar-refractivity contribution in [2.45, 2.75) is 13.5 Å². The summed E-state index contributed by atoms with van der Waals surface area (Å²) in [5.41, 5.74) is -0.00894. The smallest absolute Gasteiger partial charge is 0.146 e. The number of furan rings is 1. The van der Waals surface area contributed by atoms with Gasteiger partial charge in [-0.2, -0.15) is 0 Å². The van der Waals surface area contributed by atoms with E-state index in [4.69, 9.17) is 9.15 Å². The second kappa shape index (κ2) is 4.35. The fourth-order valence-corrected chi connectivity index (χ4v) is 1.25. The molecule has 84 valence electrons. The molecule has 0 N–H and O–H groups in total. The molecule has 0 spiro atoms. The maximum absolute atomic E-state index is 13.2. The lowest BCUT2D eigenvalue weighted by molar-refractivity contribution is 0.267. The first-order valence-corrected chi connectivity index (χ1v) is 4.77. The Labute approximate surface area is 91.5 Å². The second-order valence-electron chi connectivity index (χ2n) is 3.38. The van der Waals surface area contributed by atoms with E-state index in [1.54, 1.807) is 12.1 Å². The largest absolute Gasteiger partial charge is 0.485 e. The molecule has 2 nitrogen and oxygen atoms in total. The molecule has 1 aromatic carbocycles. The van der Waals surface area contributed by atoms with Crippen molar-refractivity contribution in [2.75, 3.05) is 0 Å². The van der Waals surface area contributed by atoms with Crippen LogP contribution in [0.5, 0.6) is 5.75 Å². The third-order valence-corrected chi connectivity index (χ3v) is 2.22. The van der Waals surface area contributed by atoms with E-state index < -0.39 is 11.6 Å². The van der Waals surface area contributed by atoms with Crippen LogP contribution in [-0.4, -0.2) is 0 Å². The van der Waals surface area contributed by atoms with Crippen molar-refractivity contribution in [3.63, 3.8) is 0 Å². The van der Waals surface area contributed by atoms with Crippen molar-refractivity contribution in [1.29, 1.82) is 0 Å². The summed E-state index contributed by atoms with van der Waals surface area (Å²) in [6.07, 6.45) is 1.51. The van der Waals surface area contributed by atoms with Crippen molar-refractivity contribution >= 4 is 0 Å². The average Bonchev–Trinajstić information content (AvgIpc) is 2.75. The Hall–Kier alpha value is -1.84. The monoisotopic (exact) mass is 224 g/mol. The number of halogens is 2. The molecular formula is C12H10F2O2. The van der Waals surface area contributed by atoms with E-state index >= 15 is 0 Å². The third kappa shape index (κ3) is 2.21. The Kier molecular flexibility index (Phi) is 2.90. The molecule has 0 aliphatic heterocycles. The maximum atomic E-state index is 13.2. The fourth-order valence-electron chi connectivity index (χ4n) is 1.25. The van der Waals surface area contributed by atoms with E-state index in [1.165, 1.54) is 13.2 Å². The number of hydrogen-bond donors (Lipinski definition) is 0. The molecule has 0 saturated carbocycles. The van der Waals surface area contributed by atoms with Crippen LogP contribution in [-0.2, 0) is 6.61 Å². The number of benzene rings is 1. The Morgan fingerprint density at radius 1 is 1.25 bits per heavy atom. The summed E-state index contributed by atoms with van der Waals surface area (Å²) in [5, 5.41) is 0. The van der Waals surface area contributed by atoms with Gasteiger partial charge in [0.05, 0.1) is 6.26 Å². The van der Waals surface area contributed by atoms with Crippen LogP contribution in [0.4, 0.5) is 8.78 Å². The third-order valence-electron chi connectivity index (χ3n) is 2.22. The molecule has 0 radical (unpaired) electrons. The number of rotatable bonds is 3. The van der Waals surface area contributed by atoms with E-state index in [2.05, 4.69) is 0 Å². The molecule has 0 unspecified atom stereocenters. The van der Waals surface area contributed by atoms with E-state index in [-0.39, 0.29) is 17.9 Å². The zero-order valence-electron chi connectivity index (χ0n) is 8.67. The van der Waals surface area contributed by atoms with E-state index in [9.17, 15) is 8.78 Å². The normalized spacial score (nSPS) is 10.4. The van der Waals surface area contributed by atoms with Gasteiger partial charge in [-0.15, -0.1) is 0 Å². The maximum Gasteiger partial charge on any atom is 0.146 e. The van der Waals surface area contributed by atoms with Gasteiger partial charge in [0.2, 0.25) is 0 Å². The van der Waals surface area contributed by atoms with Crippen molar-refractivity contribution in [3.05, 3.63) is 53.5 Å². The lowest BCUT2D eigenvalue weighted by Gasteiger charge is -2.06. The average molecular weight is 224 g/mol. The van der Waals surface area contributed by atoms with Gasteiger partial charge >= 0.3 is 0 Å². The van der Waals surface area contributed by atoms with Crippen LogP contribution in [0.3, 0.4) is 0 Å². The highest BCUT2D eigenvalue weighted by Crippen LogP contribution is 2.20. The molecule has 2 aromatic rings. The predicted molar refractivity (Wildman–Crippen MR) is 54.1 cm³/mol. The van der Waals surface area contributed by atoms with Gasteiger partial charge in [0, 0.05) is 17.7 Å². The number of hydrogen-bond acceptors (Lipinski definition) is 2. The SMILES string of the molecule is Cc1c(F)cc(OCc2ccco2)cc1F. The minimum absolute atomic E-state index is 0.00894. The molecule has 4 heteroatoms. The summed E-state index contributed by atoms with van der Waals surface area (Å²) >= 11 is 0. The molecule has 0 aliphatic rings. The van der Waals surface area contributed by atoms with Crippen LogP contribution < -0.4 is 4.74 Å². The lowest BCUT2D eigenvalue weighted by Crippen LogP contribution is -1.97. The van der Waals surface area contributed by atoms with Crippen molar-refractivity contribution in [3.8, 4) is 5.75 Å². The van der Waals surface area contributed by atoms with Gasteiger partial charge in [-0.3, -0.25) is 0 Å². The Morgan fingerprint density at radius 3 is 2.50 bits per heavy atom. The minimum Gasteiger partial charge on any atom is -0.485 e. The molecule has 1 aromatic heterocycles. The summed E-state index contributed by atoms with van der Waals surface area (Å²) in [6, 6.07) is 5.75. The standard InChI is InChI=1S/C12H10F2O2/c1-8-11(13)5-10(6-12(8)14)16-7-9-3-2-4-15-9/h2-6H,7H2,1H3. The topological polar surface area (TPSA) is 22.4 Å². The summed E-state index contributed by atoms with van der Waals surface area (Å²) in [6.45, 7) is 1.52. The summed E-state index contributed by atoms with van der Waals surface area (Å²) in [7, 11) is 0. The van der Waals surface area contributed by atoms with Crippen LogP contribution in [0, 0.1) is 18.6 Å². The van der Waals surface area contributed by atoms with E-state index in [1.807, 2.05) is 0 Å². The molecule has 0 saturated heterocycles. The molecule has 0 fully saturated rings. The van der Waals surface area contributed by atoms with Crippen LogP contribution >= 0.6 is 0 Å². The second-order valence-corrected chi connectivity index (χ2v) is 3.38. The lowest BCUT2D eigenvalue weighted by atomic mass is 10.2. The van der Waals surface area contributed by atoms with Crippen molar-refractivity contribution in [2.24, 2.45) is 0 Å². The quantitative estimate of drug-likeness (QED) is 0.796. The fraction of sp³-hybridized carbons (Fsp3) is 0.167. The predicted octanol–water partition coefficient (Wildman–Crippen LogP) is 3.45. The van der Waals surface area contributed by atoms with Gasteiger partial charge in [-0.25, -0.2) is 8.78 Å². The summed E-state index contributed by atoms with van der Waals surface area (Å²) in [5.74, 6) is -0.484. The summed E-state index contributed by atoms with van der Waals surface area (Å²) < 4.78 is 36.5. The first-order chi connectivity index (χ1) is 7.66. The van der Waals surface area contributed by atoms with Crippen molar-refractivity contribution < 1.29 is 17.9 Å². The molecule has 1 heterocycles. The summed E-state index contributed by atoms with van der Waals surface area (Å²) in [4.78, 5) is 0. The first-order valence-electron chi connectivity index (χ1n) is 4.77. The molecule has 0 amide bonds. The number of ether oxygens (including phenoxy) is 1. The van der Waals surface area contributed by atoms with E-state index in [0.717, 1.165) is 12.1 Å². The molecule has 0 atom stereocenters. The molecule has 0 aliphatic carbocycles. The molecular weight excluding hydrogens is 214 g/mol. The van der Waals surface area contributed by atoms with Crippen LogP contribution in [0.2, 0.25) is 0 Å². The highest BCUT2D eigenvalue weighted by atomic mass is 19.1. The van der Waals surface area contributed by atoms with Crippen LogP contribution in [0.25, 0.3) is 0 Å². The molecule has 0 bridgehead atoms. The van der Waals surface area contributed by atoms with Gasteiger partial charge < -0.3 is 9.15 Å². The van der Waals surface area contributed by atoms with Crippen LogP contribution in [0.15, 0.2) is 34.9 Å². The zero-order valence-corrected chi connectivity index (χ0v) is 8.67. The highest BCUT2D eigenvalue weighted by molar-refractivity contribution is 5.29. The first kappa shape index (κ1) is 10.7. The Morgan fingerprint density at radius 2 is 1.94 bits per heavy atom. The highest BCUT2D eigenvalue weighted by Gasteiger charge is 2.08. The van der Waals surface area contributed by atoms with E-state index in [0.29, 0.717) is 5.76 Å². The van der Waals surface area contributed by atoms with Gasteiger partial charge in [0.15, 0.2) is 0 Å². The Bertz CT molecular complexity index is 455. The molecule has 16 heavy (non-hydrogen) atoms. The zero-order chi connectivity index (χ0) is 11.5. The van der Waals surface area contributed by atoms with Crippen molar-refractivity contribution in [1.82, 2.24) is 0 Å². The van der Waals surface area contributed by atoms with Gasteiger partial charge in [0.1, 0.15) is 29.8 Å². The van der Waals surface area contributed by atoms with Gasteiger partial charge in [-0.05, 0) is 19.1 Å².